The Kier molecular flexibility index (Phi) is 7.49. The second-order valence-electron chi connectivity index (χ2n) is 7.73. The summed E-state index contributed by atoms with van der Waals surface area (Å²) in [6, 6.07) is 7.40. The molecule has 1 unspecified atom stereocenters. The van der Waals surface area contributed by atoms with E-state index >= 15 is 0 Å². The third-order valence-electron chi connectivity index (χ3n) is 5.59. The standard InChI is InChI=1S/C22H30N2O5/c1-28-21(26)12-14-24-13-11-19(22(24)27)23-20(25)10-9-16-5-4-8-18(15-16)29-17-6-2-3-7-17/h4-5,8,15,17,19H,2-3,6-7,9-14H2,1H3,(H,23,25). The highest BCUT2D eigenvalue weighted by atomic mass is 16.5. The zero-order chi connectivity index (χ0) is 20.6. The van der Waals surface area contributed by atoms with E-state index in [1.54, 1.807) is 4.90 Å². The number of benzene rings is 1. The van der Waals surface area contributed by atoms with Gasteiger partial charge in [0.1, 0.15) is 11.8 Å². The van der Waals surface area contributed by atoms with Crippen molar-refractivity contribution in [3.05, 3.63) is 29.8 Å². The fourth-order valence-electron chi connectivity index (χ4n) is 3.92. The molecule has 158 valence electrons. The van der Waals surface area contributed by atoms with Crippen LogP contribution in [-0.2, 0) is 25.5 Å². The van der Waals surface area contributed by atoms with E-state index in [0.717, 1.165) is 24.2 Å². The fourth-order valence-corrected chi connectivity index (χ4v) is 3.92. The number of amides is 2. The van der Waals surface area contributed by atoms with E-state index in [1.165, 1.54) is 20.0 Å². The quantitative estimate of drug-likeness (QED) is 0.640. The normalized spacial score (nSPS) is 19.4. The molecular formula is C22H30N2O5. The average Bonchev–Trinajstić information content (AvgIpc) is 3.35. The Labute approximate surface area is 171 Å². The average molecular weight is 402 g/mol. The van der Waals surface area contributed by atoms with Crippen LogP contribution in [0.15, 0.2) is 24.3 Å². The van der Waals surface area contributed by atoms with Crippen LogP contribution in [0.4, 0.5) is 0 Å². The van der Waals surface area contributed by atoms with Crippen LogP contribution in [0.1, 0.15) is 50.5 Å². The van der Waals surface area contributed by atoms with E-state index in [0.29, 0.717) is 38.5 Å². The summed E-state index contributed by atoms with van der Waals surface area (Å²) >= 11 is 0. The predicted octanol–water partition coefficient (Wildman–Crippen LogP) is 2.22. The number of hydrogen-bond donors (Lipinski definition) is 1. The fraction of sp³-hybridized carbons (Fsp3) is 0.591. The number of hydrogen-bond acceptors (Lipinski definition) is 5. The maximum atomic E-state index is 12.4. The van der Waals surface area contributed by atoms with Gasteiger partial charge in [-0.25, -0.2) is 0 Å². The molecule has 1 aliphatic heterocycles. The minimum atomic E-state index is -0.503. The van der Waals surface area contributed by atoms with Gasteiger partial charge in [0, 0.05) is 19.5 Å². The number of ether oxygens (including phenoxy) is 2. The number of nitrogens with one attached hydrogen (secondary N) is 1. The van der Waals surface area contributed by atoms with Gasteiger partial charge in [-0.1, -0.05) is 12.1 Å². The first-order valence-corrected chi connectivity index (χ1v) is 10.5. The molecule has 1 heterocycles. The van der Waals surface area contributed by atoms with Crippen LogP contribution in [0.2, 0.25) is 0 Å². The van der Waals surface area contributed by atoms with E-state index in [9.17, 15) is 14.4 Å². The van der Waals surface area contributed by atoms with Crippen molar-refractivity contribution in [2.45, 2.75) is 63.5 Å². The Balaban J connectivity index is 1.42. The number of carbonyl (C=O) groups excluding carboxylic acids is 3. The predicted molar refractivity (Wildman–Crippen MR) is 107 cm³/mol. The van der Waals surface area contributed by atoms with Crippen LogP contribution < -0.4 is 10.1 Å². The Morgan fingerprint density at radius 3 is 2.72 bits per heavy atom. The van der Waals surface area contributed by atoms with E-state index < -0.39 is 6.04 Å². The molecule has 2 amide bonds. The SMILES string of the molecule is COC(=O)CCN1CCC(NC(=O)CCc2cccc(OC3CCCC3)c2)C1=O. The molecule has 0 bridgehead atoms. The first kappa shape index (κ1) is 21.1. The number of nitrogens with zero attached hydrogens (tertiary/aromatic N) is 1. The molecule has 1 aliphatic carbocycles. The van der Waals surface area contributed by atoms with Crippen molar-refractivity contribution in [1.82, 2.24) is 10.2 Å². The molecule has 1 saturated carbocycles. The highest BCUT2D eigenvalue weighted by molar-refractivity contribution is 5.89. The monoisotopic (exact) mass is 402 g/mol. The molecule has 29 heavy (non-hydrogen) atoms. The lowest BCUT2D eigenvalue weighted by Crippen LogP contribution is -2.42. The zero-order valence-corrected chi connectivity index (χ0v) is 17.0. The van der Waals surface area contributed by atoms with Gasteiger partial charge in [0.25, 0.3) is 0 Å². The summed E-state index contributed by atoms with van der Waals surface area (Å²) in [5, 5.41) is 2.83. The van der Waals surface area contributed by atoms with Gasteiger partial charge in [-0.2, -0.15) is 0 Å². The van der Waals surface area contributed by atoms with Gasteiger partial charge >= 0.3 is 5.97 Å². The van der Waals surface area contributed by atoms with Gasteiger partial charge in [-0.15, -0.1) is 0 Å². The Hall–Kier alpha value is -2.57. The first-order chi connectivity index (χ1) is 14.0. The second-order valence-corrected chi connectivity index (χ2v) is 7.73. The summed E-state index contributed by atoms with van der Waals surface area (Å²) in [4.78, 5) is 37.5. The van der Waals surface area contributed by atoms with Crippen LogP contribution in [0.25, 0.3) is 0 Å². The topological polar surface area (TPSA) is 84.9 Å². The van der Waals surface area contributed by atoms with Crippen molar-refractivity contribution in [2.24, 2.45) is 0 Å². The molecule has 1 N–H and O–H groups in total. The minimum absolute atomic E-state index is 0.130. The van der Waals surface area contributed by atoms with Crippen LogP contribution >= 0.6 is 0 Å². The molecule has 7 heteroatoms. The van der Waals surface area contributed by atoms with E-state index in [1.807, 2.05) is 24.3 Å². The number of esters is 1. The van der Waals surface area contributed by atoms with Gasteiger partial charge in [0.15, 0.2) is 0 Å². The summed E-state index contributed by atoms with van der Waals surface area (Å²) in [5.74, 6) is 0.251. The molecule has 1 aromatic carbocycles. The molecule has 1 saturated heterocycles. The van der Waals surface area contributed by atoms with Crippen molar-refractivity contribution in [1.29, 1.82) is 0 Å². The molecule has 2 fully saturated rings. The van der Waals surface area contributed by atoms with Gasteiger partial charge in [-0.3, -0.25) is 14.4 Å². The lowest BCUT2D eigenvalue weighted by Gasteiger charge is -2.16. The molecule has 3 rings (SSSR count). The smallest absolute Gasteiger partial charge is 0.307 e. The number of rotatable bonds is 9. The molecular weight excluding hydrogens is 372 g/mol. The van der Waals surface area contributed by atoms with Gasteiger partial charge in [0.2, 0.25) is 11.8 Å². The zero-order valence-electron chi connectivity index (χ0n) is 17.0. The van der Waals surface area contributed by atoms with Crippen molar-refractivity contribution < 1.29 is 23.9 Å². The number of likely N-dealkylation sites (tertiary alicyclic amines) is 1. The molecule has 0 radical (unpaired) electrons. The number of aryl methyl sites for hydroxylation is 1. The lowest BCUT2D eigenvalue weighted by molar-refractivity contribution is -0.141. The molecule has 1 atom stereocenters. The van der Waals surface area contributed by atoms with Crippen LogP contribution in [-0.4, -0.2) is 55.0 Å². The minimum Gasteiger partial charge on any atom is -0.490 e. The van der Waals surface area contributed by atoms with Crippen molar-refractivity contribution in [3.63, 3.8) is 0 Å². The van der Waals surface area contributed by atoms with E-state index in [2.05, 4.69) is 10.1 Å². The molecule has 0 spiro atoms. The van der Waals surface area contributed by atoms with Crippen LogP contribution in [0.3, 0.4) is 0 Å². The van der Waals surface area contributed by atoms with Gasteiger partial charge in [-0.05, 0) is 56.2 Å². The van der Waals surface area contributed by atoms with E-state index in [-0.39, 0.29) is 24.2 Å². The number of methoxy groups -OCH3 is 1. The molecule has 0 aromatic heterocycles. The maximum absolute atomic E-state index is 12.4. The summed E-state index contributed by atoms with van der Waals surface area (Å²) in [6.07, 6.45) is 6.63. The van der Waals surface area contributed by atoms with Crippen LogP contribution in [0.5, 0.6) is 5.75 Å². The van der Waals surface area contributed by atoms with Crippen LogP contribution in [0, 0.1) is 0 Å². The highest BCUT2D eigenvalue weighted by Crippen LogP contribution is 2.25. The van der Waals surface area contributed by atoms with Crippen molar-refractivity contribution in [2.75, 3.05) is 20.2 Å². The summed E-state index contributed by atoms with van der Waals surface area (Å²) in [7, 11) is 1.33. The van der Waals surface area contributed by atoms with Crippen molar-refractivity contribution >= 4 is 17.8 Å². The molecule has 7 nitrogen and oxygen atoms in total. The highest BCUT2D eigenvalue weighted by Gasteiger charge is 2.32. The first-order valence-electron chi connectivity index (χ1n) is 10.5. The number of carbonyl (C=O) groups is 3. The lowest BCUT2D eigenvalue weighted by atomic mass is 10.1. The Morgan fingerprint density at radius 2 is 1.97 bits per heavy atom. The molecule has 2 aliphatic rings. The van der Waals surface area contributed by atoms with E-state index in [4.69, 9.17) is 4.74 Å². The third-order valence-corrected chi connectivity index (χ3v) is 5.59. The Bertz CT molecular complexity index is 730. The Morgan fingerprint density at radius 1 is 1.17 bits per heavy atom. The van der Waals surface area contributed by atoms with Crippen molar-refractivity contribution in [3.8, 4) is 5.75 Å². The van der Waals surface area contributed by atoms with Gasteiger partial charge in [0.05, 0.1) is 19.6 Å². The largest absolute Gasteiger partial charge is 0.490 e. The third kappa shape index (κ3) is 6.21. The van der Waals surface area contributed by atoms with Gasteiger partial charge < -0.3 is 19.7 Å². The second kappa shape index (κ2) is 10.3. The summed E-state index contributed by atoms with van der Waals surface area (Å²) < 4.78 is 10.6. The molecule has 1 aromatic rings. The summed E-state index contributed by atoms with van der Waals surface area (Å²) in [6.45, 7) is 0.868. The summed E-state index contributed by atoms with van der Waals surface area (Å²) in [5.41, 5.74) is 1.05. The maximum Gasteiger partial charge on any atom is 0.307 e.